The molecule has 1 spiro atoms. The molecule has 6 atom stereocenters. The molecule has 3 aliphatic heterocycles. The van der Waals surface area contributed by atoms with Crippen LogP contribution in [-0.2, 0) is 14.4 Å². The number of hydrogen-bond donors (Lipinski definition) is 1. The predicted octanol–water partition coefficient (Wildman–Crippen LogP) is 5.11. The van der Waals surface area contributed by atoms with Gasteiger partial charge in [0.05, 0.1) is 39.9 Å². The van der Waals surface area contributed by atoms with Crippen molar-refractivity contribution >= 4 is 46.8 Å². The number of anilines is 1. The first-order chi connectivity index (χ1) is 20.3. The van der Waals surface area contributed by atoms with Gasteiger partial charge in [0.25, 0.3) is 5.91 Å². The minimum absolute atomic E-state index is 0.0588. The highest BCUT2D eigenvalue weighted by Crippen LogP contribution is 2.67. The normalized spacial score (nSPS) is 26.5. The zero-order valence-corrected chi connectivity index (χ0v) is 25.5. The number of likely N-dealkylation sites (tertiary alicyclic amines) is 1. The number of thioether (sulfide) groups is 1. The van der Waals surface area contributed by atoms with Gasteiger partial charge in [-0.25, -0.2) is 0 Å². The van der Waals surface area contributed by atoms with E-state index in [0.29, 0.717) is 30.2 Å². The van der Waals surface area contributed by atoms with Crippen LogP contribution in [0.1, 0.15) is 37.8 Å². The molecule has 3 fully saturated rings. The molecular formula is C33H38ClN3O4S. The first kappa shape index (κ1) is 30.4. The van der Waals surface area contributed by atoms with Crippen LogP contribution in [0.2, 0.25) is 5.02 Å². The van der Waals surface area contributed by atoms with Crippen LogP contribution >= 0.6 is 23.4 Å². The van der Waals surface area contributed by atoms with Crippen molar-refractivity contribution < 1.29 is 19.5 Å². The second kappa shape index (κ2) is 12.7. The van der Waals surface area contributed by atoms with Crippen molar-refractivity contribution in [3.8, 4) is 0 Å². The van der Waals surface area contributed by atoms with Crippen molar-refractivity contribution in [3.05, 3.63) is 90.5 Å². The Morgan fingerprint density at radius 2 is 1.81 bits per heavy atom. The molecule has 2 aromatic carbocycles. The number of carbonyl (C=O) groups is 3. The van der Waals surface area contributed by atoms with E-state index in [-0.39, 0.29) is 36.1 Å². The van der Waals surface area contributed by atoms with Crippen molar-refractivity contribution in [1.82, 2.24) is 9.80 Å². The van der Waals surface area contributed by atoms with Gasteiger partial charge in [-0.15, -0.1) is 24.9 Å². The van der Waals surface area contributed by atoms with Crippen LogP contribution in [0.5, 0.6) is 0 Å². The van der Waals surface area contributed by atoms with Crippen LogP contribution in [-0.4, -0.2) is 74.9 Å². The highest BCUT2D eigenvalue weighted by atomic mass is 35.5. The molecule has 42 heavy (non-hydrogen) atoms. The van der Waals surface area contributed by atoms with E-state index < -0.39 is 28.7 Å². The van der Waals surface area contributed by atoms with Crippen molar-refractivity contribution in [2.75, 3.05) is 31.1 Å². The van der Waals surface area contributed by atoms with Crippen molar-refractivity contribution in [2.45, 2.75) is 48.3 Å². The van der Waals surface area contributed by atoms with Crippen LogP contribution in [0, 0.1) is 11.8 Å². The van der Waals surface area contributed by atoms with E-state index in [0.717, 1.165) is 18.4 Å². The van der Waals surface area contributed by atoms with Crippen LogP contribution in [0.4, 0.5) is 5.69 Å². The topological polar surface area (TPSA) is 81.2 Å². The maximum absolute atomic E-state index is 14.9. The summed E-state index contributed by atoms with van der Waals surface area (Å²) in [6.07, 6.45) is 5.51. The summed E-state index contributed by atoms with van der Waals surface area (Å²) >= 11 is 8.21. The number of hydrogen-bond acceptors (Lipinski definition) is 5. The van der Waals surface area contributed by atoms with Crippen LogP contribution < -0.4 is 4.90 Å². The summed E-state index contributed by atoms with van der Waals surface area (Å²) < 4.78 is -0.811. The van der Waals surface area contributed by atoms with Gasteiger partial charge >= 0.3 is 0 Å². The number of aliphatic hydroxyl groups is 1. The molecule has 2 bridgehead atoms. The minimum Gasteiger partial charge on any atom is -0.394 e. The van der Waals surface area contributed by atoms with Crippen molar-refractivity contribution in [2.24, 2.45) is 11.8 Å². The van der Waals surface area contributed by atoms with E-state index in [1.54, 1.807) is 56.8 Å². The van der Waals surface area contributed by atoms with E-state index in [9.17, 15) is 19.5 Å². The molecule has 1 N–H and O–H groups in total. The molecule has 2 unspecified atom stereocenters. The number of rotatable bonds is 12. The third-order valence-corrected chi connectivity index (χ3v) is 11.1. The summed E-state index contributed by atoms with van der Waals surface area (Å²) in [5.41, 5.74) is 1.26. The molecule has 5 rings (SSSR count). The van der Waals surface area contributed by atoms with Gasteiger partial charge in [0.15, 0.2) is 0 Å². The number of halogens is 1. The average molecular weight is 608 g/mol. The molecular weight excluding hydrogens is 570 g/mol. The molecule has 7 nitrogen and oxygen atoms in total. The highest BCUT2D eigenvalue weighted by molar-refractivity contribution is 8.02. The fraction of sp³-hybridized carbons (Fsp3) is 0.424. The molecule has 9 heteroatoms. The number of aliphatic hydroxyl groups excluding tert-OH is 1. The highest BCUT2D eigenvalue weighted by Gasteiger charge is 2.74. The Morgan fingerprint density at radius 3 is 2.45 bits per heavy atom. The standard InChI is InChI=1S/C33H38ClN3O4S/c1-4-18-35(19-5-2)30(39)27-26-16-17-33(42-26)28(27)31(40)37(25(21-38)22-12-8-7-9-13-22)29(33)32(41)36(20-6-3)24-15-11-10-14-23(24)34/h4,6-15,25-29,38H,1,3,5,16-21H2,2H3/t25-,26-,27+,28+,29?,33?/m1/s1. The lowest BCUT2D eigenvalue weighted by Gasteiger charge is -2.40. The fourth-order valence-corrected chi connectivity index (χ4v) is 9.63. The number of amides is 3. The van der Waals surface area contributed by atoms with Crippen LogP contribution in [0.25, 0.3) is 0 Å². The molecule has 3 heterocycles. The lowest BCUT2D eigenvalue weighted by Crippen LogP contribution is -2.56. The first-order valence-electron chi connectivity index (χ1n) is 14.6. The predicted molar refractivity (Wildman–Crippen MR) is 168 cm³/mol. The molecule has 222 valence electrons. The lowest BCUT2D eigenvalue weighted by atomic mass is 9.70. The van der Waals surface area contributed by atoms with E-state index in [2.05, 4.69) is 13.2 Å². The number of para-hydroxylation sites is 1. The Balaban J connectivity index is 1.64. The Hall–Kier alpha value is -3.07. The average Bonchev–Trinajstić information content (AvgIpc) is 3.64. The Kier molecular flexibility index (Phi) is 9.16. The maximum Gasteiger partial charge on any atom is 0.251 e. The molecule has 3 amide bonds. The van der Waals surface area contributed by atoms with Gasteiger partial charge in [0.2, 0.25) is 11.8 Å². The molecule has 0 aliphatic carbocycles. The van der Waals surface area contributed by atoms with Gasteiger partial charge in [-0.1, -0.05) is 73.1 Å². The SMILES string of the molecule is C=CCN(CCC)C(=O)[C@@H]1[C@H]2C(=O)N([C@H](CO)c3ccccc3)C(C(=O)N(CC=C)c3ccccc3Cl)C23CC[C@H]1S3. The molecule has 0 radical (unpaired) electrons. The van der Waals surface area contributed by atoms with Gasteiger partial charge in [-0.2, -0.15) is 0 Å². The molecule has 2 aromatic rings. The monoisotopic (exact) mass is 607 g/mol. The first-order valence-corrected chi connectivity index (χ1v) is 15.8. The number of nitrogens with zero attached hydrogens (tertiary/aromatic N) is 3. The summed E-state index contributed by atoms with van der Waals surface area (Å²) in [5.74, 6) is -1.83. The van der Waals surface area contributed by atoms with Gasteiger partial charge < -0.3 is 19.8 Å². The third kappa shape index (κ3) is 4.97. The van der Waals surface area contributed by atoms with E-state index in [4.69, 9.17) is 11.6 Å². The van der Waals surface area contributed by atoms with E-state index in [1.807, 2.05) is 43.3 Å². The second-order valence-corrected chi connectivity index (χ2v) is 13.2. The summed E-state index contributed by atoms with van der Waals surface area (Å²) in [6, 6.07) is 14.8. The van der Waals surface area contributed by atoms with Gasteiger partial charge in [-0.05, 0) is 37.0 Å². The van der Waals surface area contributed by atoms with E-state index >= 15 is 0 Å². The Bertz CT molecular complexity index is 1360. The zero-order chi connectivity index (χ0) is 30.0. The molecule has 0 aromatic heterocycles. The number of benzene rings is 2. The maximum atomic E-state index is 14.9. The molecule has 0 saturated carbocycles. The van der Waals surface area contributed by atoms with Gasteiger partial charge in [-0.3, -0.25) is 14.4 Å². The molecule has 3 aliphatic rings. The second-order valence-electron chi connectivity index (χ2n) is 11.2. The zero-order valence-electron chi connectivity index (χ0n) is 23.9. The van der Waals surface area contributed by atoms with Gasteiger partial charge in [0.1, 0.15) is 6.04 Å². The summed E-state index contributed by atoms with van der Waals surface area (Å²) in [5, 5.41) is 11.1. The van der Waals surface area contributed by atoms with Crippen LogP contribution in [0.3, 0.4) is 0 Å². The quantitative estimate of drug-likeness (QED) is 0.339. The summed E-state index contributed by atoms with van der Waals surface area (Å²) in [4.78, 5) is 48.6. The van der Waals surface area contributed by atoms with Crippen molar-refractivity contribution in [1.29, 1.82) is 0 Å². The van der Waals surface area contributed by atoms with E-state index in [1.165, 1.54) is 0 Å². The smallest absolute Gasteiger partial charge is 0.251 e. The number of fused-ring (bicyclic) bond motifs is 1. The number of carbonyl (C=O) groups excluding carboxylic acids is 3. The lowest BCUT2D eigenvalue weighted by molar-refractivity contribution is -0.145. The summed E-state index contributed by atoms with van der Waals surface area (Å²) in [7, 11) is 0. The summed E-state index contributed by atoms with van der Waals surface area (Å²) in [6.45, 7) is 10.5. The molecule has 3 saturated heterocycles. The van der Waals surface area contributed by atoms with Crippen LogP contribution in [0.15, 0.2) is 79.9 Å². The van der Waals surface area contributed by atoms with Gasteiger partial charge in [0, 0.05) is 24.9 Å². The Morgan fingerprint density at radius 1 is 1.12 bits per heavy atom. The fourth-order valence-electron chi connectivity index (χ4n) is 7.20. The minimum atomic E-state index is -0.907. The third-order valence-electron chi connectivity index (χ3n) is 8.83. The van der Waals surface area contributed by atoms with Crippen molar-refractivity contribution in [3.63, 3.8) is 0 Å². The largest absolute Gasteiger partial charge is 0.394 e. The Labute approximate surface area is 257 Å².